The van der Waals surface area contributed by atoms with E-state index in [1.54, 1.807) is 0 Å². The number of ether oxygens (including phenoxy) is 1. The first-order valence-electron chi connectivity index (χ1n) is 11.7. The molecule has 1 aromatic heterocycles. The summed E-state index contributed by atoms with van der Waals surface area (Å²) in [6.45, 7) is 4.36. The number of carbonyl (C=O) groups is 1. The molecule has 2 aromatic rings. The number of piperazine rings is 2. The Labute approximate surface area is 202 Å². The average molecular weight is 488 g/mol. The van der Waals surface area contributed by atoms with Gasteiger partial charge in [0.2, 0.25) is 0 Å². The van der Waals surface area contributed by atoms with Crippen LogP contribution in [0.5, 0.6) is 11.5 Å². The van der Waals surface area contributed by atoms with Crippen molar-refractivity contribution in [2.45, 2.75) is 24.4 Å². The lowest BCUT2D eigenvalue weighted by Crippen LogP contribution is -2.55. The Bertz CT molecular complexity index is 1150. The molecular formula is C24H27ClFN5O3. The first-order chi connectivity index (χ1) is 16.4. The highest BCUT2D eigenvalue weighted by atomic mass is 35.5. The van der Waals surface area contributed by atoms with E-state index in [4.69, 9.17) is 21.3 Å². The molecular weight excluding hydrogens is 461 g/mol. The number of hydrogen-bond donors (Lipinski definition) is 2. The molecule has 0 bridgehead atoms. The summed E-state index contributed by atoms with van der Waals surface area (Å²) in [7, 11) is 2.13. The fourth-order valence-electron chi connectivity index (χ4n) is 5.43. The van der Waals surface area contributed by atoms with Crippen molar-refractivity contribution in [1.29, 1.82) is 0 Å². The molecule has 2 N–H and O–H groups in total. The summed E-state index contributed by atoms with van der Waals surface area (Å²) in [6, 6.07) is 3.94. The summed E-state index contributed by atoms with van der Waals surface area (Å²) in [5.74, 6) is -0.414. The number of aromatic nitrogens is 1. The second kappa shape index (κ2) is 7.96. The zero-order valence-corrected chi connectivity index (χ0v) is 19.7. The number of nitrogens with zero attached hydrogens (tertiary/aromatic N) is 4. The van der Waals surface area contributed by atoms with Gasteiger partial charge in [-0.3, -0.25) is 9.69 Å². The third kappa shape index (κ3) is 3.32. The van der Waals surface area contributed by atoms with Gasteiger partial charge < -0.3 is 25.0 Å². The van der Waals surface area contributed by atoms with Gasteiger partial charge >= 0.3 is 0 Å². The molecule has 1 spiro atoms. The van der Waals surface area contributed by atoms with E-state index in [1.807, 2.05) is 4.90 Å². The molecule has 8 nitrogen and oxygen atoms in total. The maximum absolute atomic E-state index is 14.9. The molecule has 3 aliphatic heterocycles. The fourth-order valence-corrected chi connectivity index (χ4v) is 5.71. The normalized spacial score (nSPS) is 23.9. The Morgan fingerprint density at radius 2 is 2.09 bits per heavy atom. The number of hydrogen-bond acceptors (Lipinski definition) is 7. The summed E-state index contributed by atoms with van der Waals surface area (Å²) in [4.78, 5) is 24.9. The van der Waals surface area contributed by atoms with Crippen LogP contribution in [0.25, 0.3) is 11.3 Å². The van der Waals surface area contributed by atoms with Crippen LogP contribution in [-0.2, 0) is 0 Å². The third-order valence-corrected chi connectivity index (χ3v) is 8.03. The van der Waals surface area contributed by atoms with Crippen LogP contribution in [0.3, 0.4) is 0 Å². The van der Waals surface area contributed by atoms with Crippen molar-refractivity contribution in [2.24, 2.45) is 0 Å². The Morgan fingerprint density at radius 1 is 1.26 bits per heavy atom. The minimum Gasteiger partial charge on any atom is -0.507 e. The number of amides is 1. The molecule has 1 aromatic carbocycles. The summed E-state index contributed by atoms with van der Waals surface area (Å²) >= 11 is 6.76. The van der Waals surface area contributed by atoms with Crippen LogP contribution in [0.1, 0.15) is 23.2 Å². The van der Waals surface area contributed by atoms with E-state index in [-0.39, 0.29) is 51.9 Å². The molecule has 1 amide bonds. The number of carbonyl (C=O) groups excluding carboxylic acids is 1. The van der Waals surface area contributed by atoms with Gasteiger partial charge in [0.25, 0.3) is 5.91 Å². The fraction of sp³-hybridized carbons (Fsp3) is 0.500. The molecule has 1 atom stereocenters. The maximum atomic E-state index is 14.9. The Morgan fingerprint density at radius 3 is 2.85 bits per heavy atom. The van der Waals surface area contributed by atoms with E-state index >= 15 is 0 Å². The molecule has 0 radical (unpaired) electrons. The zero-order chi connectivity index (χ0) is 23.6. The molecule has 0 unspecified atom stereocenters. The van der Waals surface area contributed by atoms with Crippen molar-refractivity contribution in [3.8, 4) is 22.8 Å². The number of pyridine rings is 1. The maximum Gasteiger partial charge on any atom is 0.261 e. The van der Waals surface area contributed by atoms with Crippen LogP contribution < -0.4 is 15.0 Å². The van der Waals surface area contributed by atoms with Crippen LogP contribution in [0.4, 0.5) is 10.2 Å². The van der Waals surface area contributed by atoms with Gasteiger partial charge in [-0.25, -0.2) is 9.37 Å². The lowest BCUT2D eigenvalue weighted by Gasteiger charge is -2.41. The minimum atomic E-state index is -0.640. The quantitative estimate of drug-likeness (QED) is 0.673. The van der Waals surface area contributed by atoms with Crippen molar-refractivity contribution >= 4 is 23.3 Å². The number of aromatic hydroxyl groups is 1. The van der Waals surface area contributed by atoms with Crippen molar-refractivity contribution < 1.29 is 19.0 Å². The molecule has 1 aliphatic carbocycles. The number of phenolic OH excluding ortho intramolecular Hbond substituents is 1. The largest absolute Gasteiger partial charge is 0.507 e. The molecule has 180 valence electrons. The highest BCUT2D eigenvalue weighted by molar-refractivity contribution is 6.35. The number of benzene rings is 1. The van der Waals surface area contributed by atoms with Crippen LogP contribution in [-0.4, -0.2) is 90.3 Å². The van der Waals surface area contributed by atoms with E-state index in [9.17, 15) is 14.3 Å². The van der Waals surface area contributed by atoms with E-state index in [0.717, 1.165) is 19.4 Å². The van der Waals surface area contributed by atoms with E-state index in [1.165, 1.54) is 18.2 Å². The summed E-state index contributed by atoms with van der Waals surface area (Å²) in [5, 5.41) is 13.8. The topological polar surface area (TPSA) is 81.2 Å². The van der Waals surface area contributed by atoms with Crippen molar-refractivity contribution in [3.05, 3.63) is 34.6 Å². The van der Waals surface area contributed by atoms with Crippen LogP contribution >= 0.6 is 11.6 Å². The number of likely N-dealkylation sites (N-methyl/N-ethyl adjacent to an activating group) is 1. The monoisotopic (exact) mass is 487 g/mol. The molecule has 4 aliphatic rings. The minimum absolute atomic E-state index is 0.0376. The van der Waals surface area contributed by atoms with Gasteiger partial charge in [-0.05, 0) is 32.0 Å². The molecule has 2 saturated heterocycles. The van der Waals surface area contributed by atoms with Gasteiger partial charge in [0.15, 0.2) is 5.75 Å². The van der Waals surface area contributed by atoms with Crippen LogP contribution in [0, 0.1) is 5.82 Å². The predicted octanol–water partition coefficient (Wildman–Crippen LogP) is 2.34. The van der Waals surface area contributed by atoms with Crippen LogP contribution in [0.15, 0.2) is 18.2 Å². The molecule has 10 heteroatoms. The van der Waals surface area contributed by atoms with E-state index in [2.05, 4.69) is 22.2 Å². The number of nitrogens with one attached hydrogen (secondary N) is 1. The molecule has 6 rings (SSSR count). The standard InChI is InChI=1S/C24H27ClFN5O3/c1-29-9-10-30(13-24(29)5-6-24)22-18-21(34-12-14-11-27-7-8-31(14)23(18)33)19(25)20(28-22)17-15(26)3-2-4-16(17)32/h2-4,14,27,32H,5-13H2,1H3/t14-/m1/s1. The first kappa shape index (κ1) is 21.9. The smallest absolute Gasteiger partial charge is 0.261 e. The van der Waals surface area contributed by atoms with E-state index < -0.39 is 5.82 Å². The average Bonchev–Trinajstić information content (AvgIpc) is 3.62. The molecule has 4 heterocycles. The predicted molar refractivity (Wildman–Crippen MR) is 126 cm³/mol. The summed E-state index contributed by atoms with van der Waals surface area (Å²) < 4.78 is 21.1. The molecule has 1 saturated carbocycles. The van der Waals surface area contributed by atoms with Gasteiger partial charge in [-0.15, -0.1) is 0 Å². The van der Waals surface area contributed by atoms with Crippen LogP contribution in [0.2, 0.25) is 5.02 Å². The van der Waals surface area contributed by atoms with E-state index in [0.29, 0.717) is 44.1 Å². The second-order valence-electron chi connectivity index (χ2n) is 9.67. The number of halogens is 2. The number of fused-ring (bicyclic) bond motifs is 2. The molecule has 34 heavy (non-hydrogen) atoms. The highest BCUT2D eigenvalue weighted by Gasteiger charge is 2.51. The second-order valence-corrected chi connectivity index (χ2v) is 10.0. The highest BCUT2D eigenvalue weighted by Crippen LogP contribution is 2.48. The van der Waals surface area contributed by atoms with Crippen molar-refractivity contribution in [1.82, 2.24) is 20.1 Å². The van der Waals surface area contributed by atoms with Gasteiger partial charge in [-0.2, -0.15) is 0 Å². The number of anilines is 1. The van der Waals surface area contributed by atoms with Gasteiger partial charge in [0, 0.05) is 44.8 Å². The Balaban J connectivity index is 1.55. The Kier molecular flexibility index (Phi) is 5.13. The lowest BCUT2D eigenvalue weighted by molar-refractivity contribution is 0.0606. The third-order valence-electron chi connectivity index (χ3n) is 7.68. The van der Waals surface area contributed by atoms with Gasteiger partial charge in [-0.1, -0.05) is 17.7 Å². The van der Waals surface area contributed by atoms with Gasteiger partial charge in [0.1, 0.15) is 40.3 Å². The zero-order valence-electron chi connectivity index (χ0n) is 19.0. The van der Waals surface area contributed by atoms with Crippen molar-refractivity contribution in [3.63, 3.8) is 0 Å². The van der Waals surface area contributed by atoms with Gasteiger partial charge in [0.05, 0.1) is 11.6 Å². The first-order valence-corrected chi connectivity index (χ1v) is 12.1. The lowest BCUT2D eigenvalue weighted by atomic mass is 10.0. The SMILES string of the molecule is CN1CCN(c2nc(-c3c(O)cccc3F)c(Cl)c3c2C(=O)N2CCNC[C@@H]2CO3)CC12CC2. The van der Waals surface area contributed by atoms with Crippen molar-refractivity contribution in [2.75, 3.05) is 57.8 Å². The molecule has 3 fully saturated rings. The number of phenols is 1. The Hall–Kier alpha value is -2.62. The number of rotatable bonds is 2. The summed E-state index contributed by atoms with van der Waals surface area (Å²) in [5.41, 5.74) is 0.389. The summed E-state index contributed by atoms with van der Waals surface area (Å²) in [6.07, 6.45) is 2.17.